The van der Waals surface area contributed by atoms with E-state index < -0.39 is 0 Å². The largest absolute Gasteiger partial charge is 0.336 e. The number of amides is 1. The number of pyridine rings is 1. The van der Waals surface area contributed by atoms with Crippen molar-refractivity contribution in [3.8, 4) is 0 Å². The van der Waals surface area contributed by atoms with Crippen LogP contribution in [0.1, 0.15) is 48.4 Å². The van der Waals surface area contributed by atoms with Crippen LogP contribution in [0.4, 0.5) is 0 Å². The lowest BCUT2D eigenvalue weighted by molar-refractivity contribution is 0.0656. The Morgan fingerprint density at radius 3 is 2.57 bits per heavy atom. The van der Waals surface area contributed by atoms with Crippen LogP contribution in [0.3, 0.4) is 0 Å². The second kappa shape index (κ2) is 7.03. The van der Waals surface area contributed by atoms with Gasteiger partial charge in [0.25, 0.3) is 5.91 Å². The lowest BCUT2D eigenvalue weighted by atomic mass is 9.96. The average Bonchev–Trinajstić information content (AvgIpc) is 2.45. The maximum atomic E-state index is 12.9. The van der Waals surface area contributed by atoms with Crippen molar-refractivity contribution < 1.29 is 4.79 Å². The van der Waals surface area contributed by atoms with Gasteiger partial charge in [-0.3, -0.25) is 9.78 Å². The van der Waals surface area contributed by atoms with Crippen LogP contribution in [0, 0.1) is 19.8 Å². The molecule has 1 amide bonds. The second-order valence-corrected chi connectivity index (χ2v) is 6.33. The maximum Gasteiger partial charge on any atom is 0.255 e. The molecule has 1 saturated heterocycles. The van der Waals surface area contributed by atoms with Gasteiger partial charge in [0.1, 0.15) is 0 Å². The lowest BCUT2D eigenvalue weighted by Gasteiger charge is -2.33. The molecule has 1 aliphatic heterocycles. The van der Waals surface area contributed by atoms with Crippen molar-refractivity contribution >= 4 is 5.91 Å². The third kappa shape index (κ3) is 4.03. The minimum Gasteiger partial charge on any atom is -0.336 e. The molecule has 2 rings (SSSR count). The SMILES string of the molecule is Cc1ccc(C(=O)N(CC2CCNCC2)C(C)C)c(C)n1. The third-order valence-corrected chi connectivity index (χ3v) is 4.25. The number of nitrogens with zero attached hydrogens (tertiary/aromatic N) is 2. The summed E-state index contributed by atoms with van der Waals surface area (Å²) in [6.45, 7) is 11.0. The zero-order valence-corrected chi connectivity index (χ0v) is 13.6. The molecule has 1 N–H and O–H groups in total. The number of hydrogen-bond acceptors (Lipinski definition) is 3. The lowest BCUT2D eigenvalue weighted by Crippen LogP contribution is -2.43. The quantitative estimate of drug-likeness (QED) is 0.926. The molecular weight excluding hydrogens is 262 g/mol. The van der Waals surface area contributed by atoms with Crippen molar-refractivity contribution in [2.45, 2.75) is 46.6 Å². The summed E-state index contributed by atoms with van der Waals surface area (Å²) >= 11 is 0. The van der Waals surface area contributed by atoms with E-state index in [9.17, 15) is 4.79 Å². The molecular formula is C17H27N3O. The zero-order chi connectivity index (χ0) is 15.4. The van der Waals surface area contributed by atoms with Gasteiger partial charge in [-0.25, -0.2) is 0 Å². The van der Waals surface area contributed by atoms with E-state index in [-0.39, 0.29) is 11.9 Å². The molecule has 21 heavy (non-hydrogen) atoms. The van der Waals surface area contributed by atoms with Crippen LogP contribution in [-0.4, -0.2) is 41.5 Å². The van der Waals surface area contributed by atoms with Crippen LogP contribution < -0.4 is 5.32 Å². The molecule has 0 unspecified atom stereocenters. The Hall–Kier alpha value is -1.42. The van der Waals surface area contributed by atoms with Gasteiger partial charge in [0.2, 0.25) is 0 Å². The van der Waals surface area contributed by atoms with Gasteiger partial charge in [0.15, 0.2) is 0 Å². The van der Waals surface area contributed by atoms with E-state index in [1.807, 2.05) is 30.9 Å². The summed E-state index contributed by atoms with van der Waals surface area (Å²) in [5.41, 5.74) is 2.53. The maximum absolute atomic E-state index is 12.9. The van der Waals surface area contributed by atoms with Crippen molar-refractivity contribution in [1.29, 1.82) is 0 Å². The Labute approximate surface area is 127 Å². The topological polar surface area (TPSA) is 45.2 Å². The Morgan fingerprint density at radius 1 is 1.33 bits per heavy atom. The molecule has 4 heteroatoms. The van der Waals surface area contributed by atoms with Gasteiger partial charge in [-0.05, 0) is 71.7 Å². The Bertz CT molecular complexity index is 493. The van der Waals surface area contributed by atoms with Crippen molar-refractivity contribution in [1.82, 2.24) is 15.2 Å². The summed E-state index contributed by atoms with van der Waals surface area (Å²) < 4.78 is 0. The van der Waals surface area contributed by atoms with Gasteiger partial charge >= 0.3 is 0 Å². The first-order valence-corrected chi connectivity index (χ1v) is 7.95. The predicted octanol–water partition coefficient (Wildman–Crippen LogP) is 2.55. The van der Waals surface area contributed by atoms with Gasteiger partial charge in [0.05, 0.1) is 11.3 Å². The Morgan fingerprint density at radius 2 is 2.00 bits per heavy atom. The van der Waals surface area contributed by atoms with Crippen molar-refractivity contribution in [2.75, 3.05) is 19.6 Å². The molecule has 1 aromatic rings. The molecule has 0 spiro atoms. The van der Waals surface area contributed by atoms with E-state index >= 15 is 0 Å². The van der Waals surface area contributed by atoms with Gasteiger partial charge in [-0.15, -0.1) is 0 Å². The Kier molecular flexibility index (Phi) is 5.34. The molecule has 1 aromatic heterocycles. The first kappa shape index (κ1) is 16.0. The molecule has 4 nitrogen and oxygen atoms in total. The fraction of sp³-hybridized carbons (Fsp3) is 0.647. The minimum absolute atomic E-state index is 0.119. The second-order valence-electron chi connectivity index (χ2n) is 6.33. The van der Waals surface area contributed by atoms with E-state index in [0.717, 1.165) is 49.4 Å². The Balaban J connectivity index is 2.14. The standard InChI is InChI=1S/C17H27N3O/c1-12(2)20(11-15-7-9-18-10-8-15)17(21)16-6-5-13(3)19-14(16)4/h5-6,12,15,18H,7-11H2,1-4H3. The van der Waals surface area contributed by atoms with Gasteiger partial charge in [-0.1, -0.05) is 0 Å². The number of hydrogen-bond donors (Lipinski definition) is 1. The highest BCUT2D eigenvalue weighted by Gasteiger charge is 2.25. The summed E-state index contributed by atoms with van der Waals surface area (Å²) in [6.07, 6.45) is 2.31. The summed E-state index contributed by atoms with van der Waals surface area (Å²) in [6, 6.07) is 4.05. The smallest absolute Gasteiger partial charge is 0.255 e. The monoisotopic (exact) mass is 289 g/mol. The molecule has 1 aliphatic rings. The van der Waals surface area contributed by atoms with Gasteiger partial charge < -0.3 is 10.2 Å². The van der Waals surface area contributed by atoms with Crippen LogP contribution in [0.15, 0.2) is 12.1 Å². The van der Waals surface area contributed by atoms with Crippen molar-refractivity contribution in [2.24, 2.45) is 5.92 Å². The summed E-state index contributed by atoms with van der Waals surface area (Å²) in [5.74, 6) is 0.727. The minimum atomic E-state index is 0.119. The number of aromatic nitrogens is 1. The van der Waals surface area contributed by atoms with Crippen LogP contribution in [0.25, 0.3) is 0 Å². The highest BCUT2D eigenvalue weighted by molar-refractivity contribution is 5.95. The van der Waals surface area contributed by atoms with Crippen LogP contribution in [0.5, 0.6) is 0 Å². The van der Waals surface area contributed by atoms with Crippen LogP contribution in [-0.2, 0) is 0 Å². The van der Waals surface area contributed by atoms with Gasteiger partial charge in [-0.2, -0.15) is 0 Å². The number of aryl methyl sites for hydroxylation is 2. The number of piperidine rings is 1. The van der Waals surface area contributed by atoms with Gasteiger partial charge in [0, 0.05) is 18.3 Å². The highest BCUT2D eigenvalue weighted by atomic mass is 16.2. The van der Waals surface area contributed by atoms with Crippen molar-refractivity contribution in [3.63, 3.8) is 0 Å². The molecule has 0 aromatic carbocycles. The van der Waals surface area contributed by atoms with Crippen LogP contribution in [0.2, 0.25) is 0 Å². The third-order valence-electron chi connectivity index (χ3n) is 4.25. The molecule has 116 valence electrons. The molecule has 2 heterocycles. The molecule has 0 saturated carbocycles. The number of carbonyl (C=O) groups excluding carboxylic acids is 1. The van der Waals surface area contributed by atoms with E-state index in [4.69, 9.17) is 0 Å². The van der Waals surface area contributed by atoms with Crippen molar-refractivity contribution in [3.05, 3.63) is 29.1 Å². The summed E-state index contributed by atoms with van der Waals surface area (Å²) in [4.78, 5) is 19.3. The first-order chi connectivity index (χ1) is 9.99. The molecule has 0 atom stereocenters. The van der Waals surface area contributed by atoms with E-state index in [1.165, 1.54) is 0 Å². The number of rotatable bonds is 4. The zero-order valence-electron chi connectivity index (χ0n) is 13.6. The normalized spacial score (nSPS) is 16.2. The summed E-state index contributed by atoms with van der Waals surface area (Å²) in [5, 5.41) is 3.38. The number of carbonyl (C=O) groups is 1. The van der Waals surface area contributed by atoms with E-state index in [0.29, 0.717) is 5.92 Å². The molecule has 1 fully saturated rings. The summed E-state index contributed by atoms with van der Waals surface area (Å²) in [7, 11) is 0. The average molecular weight is 289 g/mol. The molecule has 0 aliphatic carbocycles. The molecule has 0 bridgehead atoms. The molecule has 0 radical (unpaired) electrons. The fourth-order valence-corrected chi connectivity index (χ4v) is 2.94. The van der Waals surface area contributed by atoms with E-state index in [1.54, 1.807) is 0 Å². The van der Waals surface area contributed by atoms with E-state index in [2.05, 4.69) is 24.1 Å². The predicted molar refractivity (Wildman–Crippen MR) is 85.5 cm³/mol. The van der Waals surface area contributed by atoms with Crippen LogP contribution >= 0.6 is 0 Å². The first-order valence-electron chi connectivity index (χ1n) is 7.95. The highest BCUT2D eigenvalue weighted by Crippen LogP contribution is 2.18. The fourth-order valence-electron chi connectivity index (χ4n) is 2.94. The number of nitrogens with one attached hydrogen (secondary N) is 1.